The number of carbonyl (C=O) groups excluding carboxylic acids is 1. The zero-order chi connectivity index (χ0) is 12.0. The normalized spacial score (nSPS) is 12.1. The van der Waals surface area contributed by atoms with Crippen LogP contribution in [0, 0.1) is 0 Å². The summed E-state index contributed by atoms with van der Waals surface area (Å²) < 4.78 is 21.4. The molecule has 0 radical (unpaired) electrons. The number of carbonyl (C=O) groups is 1. The first-order valence-electron chi connectivity index (χ1n) is 4.93. The molecule has 1 unspecified atom stereocenters. The van der Waals surface area contributed by atoms with Crippen molar-refractivity contribution in [3.05, 3.63) is 18.2 Å². The molecule has 0 amide bonds. The van der Waals surface area contributed by atoms with Gasteiger partial charge in [-0.15, -0.1) is 0 Å². The Morgan fingerprint density at radius 2 is 2.25 bits per heavy atom. The summed E-state index contributed by atoms with van der Waals surface area (Å²) in [6.07, 6.45) is 0.199. The first-order valence-corrected chi connectivity index (χ1v) is 5.74. The van der Waals surface area contributed by atoms with E-state index in [9.17, 15) is 9.36 Å². The van der Waals surface area contributed by atoms with Gasteiger partial charge in [0.25, 0.3) is 0 Å². The van der Waals surface area contributed by atoms with Gasteiger partial charge in [-0.25, -0.2) is 0 Å². The molecule has 4 nitrogen and oxygen atoms in total. The van der Waals surface area contributed by atoms with Crippen LogP contribution < -0.4 is 14.8 Å². The molecule has 0 spiro atoms. The van der Waals surface area contributed by atoms with Gasteiger partial charge >= 0.3 is 0 Å². The van der Waals surface area contributed by atoms with Crippen molar-refractivity contribution >= 4 is 20.1 Å². The minimum absolute atomic E-state index is 0.100. The van der Waals surface area contributed by atoms with Crippen LogP contribution in [0.2, 0.25) is 0 Å². The van der Waals surface area contributed by atoms with Gasteiger partial charge in [0.05, 0.1) is 11.9 Å². The number of aldehydes is 1. The van der Waals surface area contributed by atoms with Crippen molar-refractivity contribution < 1.29 is 18.8 Å². The van der Waals surface area contributed by atoms with E-state index in [1.807, 2.05) is 6.92 Å². The highest BCUT2D eigenvalue weighted by atomic mass is 31.1. The number of hydrogen-bond donors (Lipinski definition) is 0. The fraction of sp³-hybridized carbons (Fsp3) is 0.364. The Hall–Kier alpha value is -1.41. The summed E-state index contributed by atoms with van der Waals surface area (Å²) in [5, 5.41) is 0.563. The molecule has 0 saturated carbocycles. The zero-order valence-corrected chi connectivity index (χ0v) is 10.1. The van der Waals surface area contributed by atoms with Crippen LogP contribution in [-0.4, -0.2) is 19.0 Å². The van der Waals surface area contributed by atoms with Crippen molar-refractivity contribution in [3.8, 4) is 11.5 Å². The molecular weight excluding hydrogens is 227 g/mol. The molecule has 0 aliphatic heterocycles. The van der Waals surface area contributed by atoms with Crippen molar-refractivity contribution in [1.29, 1.82) is 0 Å². The molecule has 1 atom stereocenters. The van der Waals surface area contributed by atoms with Crippen LogP contribution in [0.3, 0.4) is 0 Å². The highest BCUT2D eigenvalue weighted by Gasteiger charge is 2.08. The van der Waals surface area contributed by atoms with E-state index in [0.29, 0.717) is 29.7 Å². The smallest absolute Gasteiger partial charge is 0.196 e. The maximum absolute atomic E-state index is 10.8. The molecule has 5 heteroatoms. The summed E-state index contributed by atoms with van der Waals surface area (Å²) in [7, 11) is -0.100. The Morgan fingerprint density at radius 1 is 1.50 bits per heavy atom. The Labute approximate surface area is 95.8 Å². The van der Waals surface area contributed by atoms with Gasteiger partial charge in [-0.05, 0) is 26.0 Å². The molecule has 0 saturated heterocycles. The molecule has 1 aromatic carbocycles. The topological polar surface area (TPSA) is 52.6 Å². The molecule has 0 aliphatic carbocycles. The second-order valence-electron chi connectivity index (χ2n) is 3.11. The van der Waals surface area contributed by atoms with Crippen molar-refractivity contribution in [1.82, 2.24) is 0 Å². The minimum Gasteiger partial charge on any atom is -0.493 e. The summed E-state index contributed by atoms with van der Waals surface area (Å²) in [6.45, 7) is 3.97. The van der Waals surface area contributed by atoms with Gasteiger partial charge in [0.15, 0.2) is 20.9 Å². The highest BCUT2D eigenvalue weighted by Crippen LogP contribution is 2.21. The zero-order valence-electron chi connectivity index (χ0n) is 9.17. The molecule has 0 aromatic heterocycles. The summed E-state index contributed by atoms with van der Waals surface area (Å²) >= 11 is 0. The molecule has 0 aliphatic rings. The van der Waals surface area contributed by atoms with Crippen LogP contribution >= 0.6 is 8.46 Å². The largest absolute Gasteiger partial charge is 0.493 e. The SMILES string of the molecule is CCOc1cc(OC(C)C=O)ccc1P=O. The Kier molecular flexibility index (Phi) is 4.93. The molecule has 0 bridgehead atoms. The van der Waals surface area contributed by atoms with Gasteiger partial charge in [-0.2, -0.15) is 0 Å². The third-order valence-electron chi connectivity index (χ3n) is 1.84. The first kappa shape index (κ1) is 12.7. The van der Waals surface area contributed by atoms with Crippen LogP contribution in [0.25, 0.3) is 0 Å². The minimum atomic E-state index is -0.509. The lowest BCUT2D eigenvalue weighted by Crippen LogP contribution is -2.13. The molecular formula is C11H13O4P. The predicted octanol–water partition coefficient (Wildman–Crippen LogP) is 1.97. The summed E-state index contributed by atoms with van der Waals surface area (Å²) in [5.74, 6) is 1.03. The summed E-state index contributed by atoms with van der Waals surface area (Å²) in [4.78, 5) is 10.4. The molecule has 1 rings (SSSR count). The van der Waals surface area contributed by atoms with Crippen molar-refractivity contribution in [2.45, 2.75) is 20.0 Å². The monoisotopic (exact) mass is 240 g/mol. The molecule has 86 valence electrons. The van der Waals surface area contributed by atoms with Crippen molar-refractivity contribution in [3.63, 3.8) is 0 Å². The Balaban J connectivity index is 2.92. The van der Waals surface area contributed by atoms with Gasteiger partial charge in [0.2, 0.25) is 0 Å². The summed E-state index contributed by atoms with van der Waals surface area (Å²) in [6, 6.07) is 4.93. The van der Waals surface area contributed by atoms with E-state index in [1.54, 1.807) is 25.1 Å². The predicted molar refractivity (Wildman–Crippen MR) is 61.0 cm³/mol. The number of benzene rings is 1. The third-order valence-corrected chi connectivity index (χ3v) is 2.41. The van der Waals surface area contributed by atoms with Crippen LogP contribution in [0.4, 0.5) is 0 Å². The third kappa shape index (κ3) is 3.31. The molecule has 0 N–H and O–H groups in total. The van der Waals surface area contributed by atoms with Gasteiger partial charge in [0, 0.05) is 6.07 Å². The van der Waals surface area contributed by atoms with Gasteiger partial charge in [-0.1, -0.05) is 0 Å². The molecule has 0 fully saturated rings. The molecule has 16 heavy (non-hydrogen) atoms. The lowest BCUT2D eigenvalue weighted by Gasteiger charge is -2.11. The standard InChI is InChI=1S/C11H13O4P/c1-3-14-10-6-9(15-8(2)7-12)4-5-11(10)16-13/h4-8H,3H2,1-2H3. The van der Waals surface area contributed by atoms with Gasteiger partial charge in [0.1, 0.15) is 11.5 Å². The second-order valence-corrected chi connectivity index (χ2v) is 3.78. The van der Waals surface area contributed by atoms with E-state index in [-0.39, 0.29) is 8.46 Å². The number of ether oxygens (including phenoxy) is 2. The van der Waals surface area contributed by atoms with Crippen LogP contribution in [-0.2, 0) is 9.36 Å². The van der Waals surface area contributed by atoms with Crippen LogP contribution in [0.1, 0.15) is 13.8 Å². The average Bonchev–Trinajstić information content (AvgIpc) is 2.30. The fourth-order valence-corrected chi connectivity index (χ4v) is 1.51. The number of rotatable bonds is 6. The van der Waals surface area contributed by atoms with Crippen molar-refractivity contribution in [2.24, 2.45) is 0 Å². The van der Waals surface area contributed by atoms with Gasteiger partial charge in [-0.3, -0.25) is 9.36 Å². The Morgan fingerprint density at radius 3 is 2.81 bits per heavy atom. The van der Waals surface area contributed by atoms with Crippen molar-refractivity contribution in [2.75, 3.05) is 6.61 Å². The van der Waals surface area contributed by atoms with E-state index in [4.69, 9.17) is 9.47 Å². The van der Waals surface area contributed by atoms with Gasteiger partial charge < -0.3 is 9.47 Å². The quantitative estimate of drug-likeness (QED) is 0.563. The molecule has 0 heterocycles. The second kappa shape index (κ2) is 6.23. The Bertz CT molecular complexity index is 378. The van der Waals surface area contributed by atoms with E-state index in [1.165, 1.54) is 0 Å². The summed E-state index contributed by atoms with van der Waals surface area (Å²) in [5.41, 5.74) is 0. The highest BCUT2D eigenvalue weighted by molar-refractivity contribution is 7.34. The lowest BCUT2D eigenvalue weighted by atomic mass is 10.3. The van der Waals surface area contributed by atoms with E-state index < -0.39 is 6.10 Å². The first-order chi connectivity index (χ1) is 7.71. The van der Waals surface area contributed by atoms with E-state index >= 15 is 0 Å². The van der Waals surface area contributed by atoms with E-state index in [0.717, 1.165) is 0 Å². The average molecular weight is 240 g/mol. The van der Waals surface area contributed by atoms with Crippen LogP contribution in [0.5, 0.6) is 11.5 Å². The molecule has 1 aromatic rings. The van der Waals surface area contributed by atoms with Crippen LogP contribution in [0.15, 0.2) is 18.2 Å². The maximum atomic E-state index is 10.8. The number of hydrogen-bond acceptors (Lipinski definition) is 4. The lowest BCUT2D eigenvalue weighted by molar-refractivity contribution is -0.113. The van der Waals surface area contributed by atoms with E-state index in [2.05, 4.69) is 0 Å². The fourth-order valence-electron chi connectivity index (χ4n) is 1.16. The maximum Gasteiger partial charge on any atom is 0.196 e.